The normalized spacial score (nSPS) is 10.8. The van der Waals surface area contributed by atoms with Gasteiger partial charge in [0.1, 0.15) is 5.75 Å². The summed E-state index contributed by atoms with van der Waals surface area (Å²) in [7, 11) is 1.60. The molecule has 0 fully saturated rings. The standard InChI is InChI=1S/C19H16N2O4/c1-23-16-10-7-14(8-11-16)9-12-18(22)24-13-17-20-21-19(25-17)15-5-3-2-4-6-15/h2-12H,13H2,1H3. The number of hydrogen-bond donors (Lipinski definition) is 0. The van der Waals surface area contributed by atoms with Crippen molar-refractivity contribution in [2.75, 3.05) is 7.11 Å². The summed E-state index contributed by atoms with van der Waals surface area (Å²) in [6.07, 6.45) is 3.00. The van der Waals surface area contributed by atoms with E-state index in [0.29, 0.717) is 5.89 Å². The lowest BCUT2D eigenvalue weighted by Gasteiger charge is -1.99. The van der Waals surface area contributed by atoms with Gasteiger partial charge in [-0.2, -0.15) is 0 Å². The van der Waals surface area contributed by atoms with Gasteiger partial charge in [-0.25, -0.2) is 4.79 Å². The average Bonchev–Trinajstić information content (AvgIpc) is 3.15. The van der Waals surface area contributed by atoms with Crippen LogP contribution in [0.2, 0.25) is 0 Å². The van der Waals surface area contributed by atoms with E-state index in [-0.39, 0.29) is 12.5 Å². The highest BCUT2D eigenvalue weighted by Crippen LogP contribution is 2.17. The number of benzene rings is 2. The topological polar surface area (TPSA) is 74.5 Å². The Morgan fingerprint density at radius 2 is 1.84 bits per heavy atom. The Kier molecular flexibility index (Phi) is 5.21. The highest BCUT2D eigenvalue weighted by molar-refractivity contribution is 5.87. The Labute approximate surface area is 144 Å². The van der Waals surface area contributed by atoms with E-state index < -0.39 is 5.97 Å². The first kappa shape index (κ1) is 16.4. The van der Waals surface area contributed by atoms with Crippen LogP contribution in [0, 0.1) is 0 Å². The molecule has 0 aliphatic rings. The van der Waals surface area contributed by atoms with Crippen molar-refractivity contribution in [2.24, 2.45) is 0 Å². The summed E-state index contributed by atoms with van der Waals surface area (Å²) in [4.78, 5) is 11.8. The first-order chi connectivity index (χ1) is 12.2. The molecule has 0 aliphatic heterocycles. The molecule has 0 spiro atoms. The molecule has 6 nitrogen and oxygen atoms in total. The number of ether oxygens (including phenoxy) is 2. The fraction of sp³-hybridized carbons (Fsp3) is 0.105. The van der Waals surface area contributed by atoms with Gasteiger partial charge in [0.05, 0.1) is 7.11 Å². The zero-order valence-electron chi connectivity index (χ0n) is 13.6. The van der Waals surface area contributed by atoms with Crippen LogP contribution in [0.25, 0.3) is 17.5 Å². The van der Waals surface area contributed by atoms with Crippen molar-refractivity contribution in [2.45, 2.75) is 6.61 Å². The lowest BCUT2D eigenvalue weighted by atomic mass is 10.2. The number of carbonyl (C=O) groups is 1. The van der Waals surface area contributed by atoms with Crippen LogP contribution in [0.3, 0.4) is 0 Å². The van der Waals surface area contributed by atoms with Crippen molar-refractivity contribution in [1.82, 2.24) is 10.2 Å². The molecule has 1 heterocycles. The first-order valence-corrected chi connectivity index (χ1v) is 7.61. The fourth-order valence-electron chi connectivity index (χ4n) is 2.07. The van der Waals surface area contributed by atoms with Gasteiger partial charge < -0.3 is 13.9 Å². The van der Waals surface area contributed by atoms with Crippen molar-refractivity contribution in [3.05, 3.63) is 72.1 Å². The van der Waals surface area contributed by atoms with Crippen LogP contribution in [-0.4, -0.2) is 23.3 Å². The van der Waals surface area contributed by atoms with E-state index in [4.69, 9.17) is 13.9 Å². The summed E-state index contributed by atoms with van der Waals surface area (Å²) >= 11 is 0. The molecule has 0 radical (unpaired) electrons. The van der Waals surface area contributed by atoms with Crippen LogP contribution in [0.4, 0.5) is 0 Å². The van der Waals surface area contributed by atoms with Crippen LogP contribution >= 0.6 is 0 Å². The Hall–Kier alpha value is -3.41. The molecular formula is C19H16N2O4. The minimum absolute atomic E-state index is 0.0778. The van der Waals surface area contributed by atoms with Gasteiger partial charge in [0.25, 0.3) is 5.89 Å². The number of esters is 1. The molecule has 126 valence electrons. The van der Waals surface area contributed by atoms with Gasteiger partial charge in [0.2, 0.25) is 5.89 Å². The van der Waals surface area contributed by atoms with Crippen LogP contribution in [0.5, 0.6) is 5.75 Å². The number of carbonyl (C=O) groups excluding carboxylic acids is 1. The number of rotatable bonds is 6. The Bertz CT molecular complexity index is 855. The molecule has 3 aromatic rings. The van der Waals surface area contributed by atoms with Crippen LogP contribution in [0.15, 0.2) is 65.1 Å². The molecule has 0 bridgehead atoms. The second kappa shape index (κ2) is 7.92. The molecule has 0 atom stereocenters. The second-order valence-corrected chi connectivity index (χ2v) is 5.08. The predicted molar refractivity (Wildman–Crippen MR) is 91.6 cm³/mol. The Morgan fingerprint density at radius 1 is 1.08 bits per heavy atom. The highest BCUT2D eigenvalue weighted by atomic mass is 16.5. The van der Waals surface area contributed by atoms with Crippen molar-refractivity contribution < 1.29 is 18.7 Å². The van der Waals surface area contributed by atoms with Gasteiger partial charge in [-0.05, 0) is 35.9 Å². The van der Waals surface area contributed by atoms with Gasteiger partial charge in [-0.1, -0.05) is 30.3 Å². The molecule has 1 aromatic heterocycles. The smallest absolute Gasteiger partial charge is 0.331 e. The maximum atomic E-state index is 11.8. The predicted octanol–water partition coefficient (Wildman–Crippen LogP) is 3.50. The van der Waals surface area contributed by atoms with E-state index >= 15 is 0 Å². The van der Waals surface area contributed by atoms with E-state index in [9.17, 15) is 4.79 Å². The molecular weight excluding hydrogens is 320 g/mol. The maximum Gasteiger partial charge on any atom is 0.331 e. The number of aromatic nitrogens is 2. The molecule has 2 aromatic carbocycles. The van der Waals surface area contributed by atoms with Gasteiger partial charge in [-0.15, -0.1) is 10.2 Å². The van der Waals surface area contributed by atoms with Crippen LogP contribution in [-0.2, 0) is 16.1 Å². The van der Waals surface area contributed by atoms with Crippen molar-refractivity contribution in [3.63, 3.8) is 0 Å². The third-order valence-electron chi connectivity index (χ3n) is 3.35. The van der Waals surface area contributed by atoms with E-state index in [0.717, 1.165) is 16.9 Å². The largest absolute Gasteiger partial charge is 0.497 e. The van der Waals surface area contributed by atoms with Crippen LogP contribution < -0.4 is 4.74 Å². The quantitative estimate of drug-likeness (QED) is 0.506. The highest BCUT2D eigenvalue weighted by Gasteiger charge is 2.09. The fourth-order valence-corrected chi connectivity index (χ4v) is 2.07. The van der Waals surface area contributed by atoms with E-state index in [1.54, 1.807) is 13.2 Å². The molecule has 25 heavy (non-hydrogen) atoms. The lowest BCUT2D eigenvalue weighted by Crippen LogP contribution is -2.00. The zero-order chi connectivity index (χ0) is 17.5. The summed E-state index contributed by atoms with van der Waals surface area (Å²) in [6, 6.07) is 16.7. The van der Waals surface area contributed by atoms with Gasteiger partial charge in [0.15, 0.2) is 6.61 Å². The maximum absolute atomic E-state index is 11.8. The molecule has 0 amide bonds. The van der Waals surface area contributed by atoms with Gasteiger partial charge in [0, 0.05) is 11.6 Å². The van der Waals surface area contributed by atoms with Crippen molar-refractivity contribution >= 4 is 12.0 Å². The van der Waals surface area contributed by atoms with Crippen molar-refractivity contribution in [3.8, 4) is 17.2 Å². The third-order valence-corrected chi connectivity index (χ3v) is 3.35. The summed E-state index contributed by atoms with van der Waals surface area (Å²) in [5, 5.41) is 7.81. The Morgan fingerprint density at radius 3 is 2.56 bits per heavy atom. The molecule has 6 heteroatoms. The minimum atomic E-state index is -0.490. The van der Waals surface area contributed by atoms with E-state index in [1.807, 2.05) is 54.6 Å². The zero-order valence-corrected chi connectivity index (χ0v) is 13.6. The van der Waals surface area contributed by atoms with E-state index in [1.165, 1.54) is 6.08 Å². The van der Waals surface area contributed by atoms with Crippen LogP contribution in [0.1, 0.15) is 11.5 Å². The first-order valence-electron chi connectivity index (χ1n) is 7.61. The van der Waals surface area contributed by atoms with Gasteiger partial charge in [-0.3, -0.25) is 0 Å². The lowest BCUT2D eigenvalue weighted by molar-refractivity contribution is -0.139. The summed E-state index contributed by atoms with van der Waals surface area (Å²) in [5.41, 5.74) is 1.67. The number of hydrogen-bond acceptors (Lipinski definition) is 6. The summed E-state index contributed by atoms with van der Waals surface area (Å²) in [6.45, 7) is -0.0778. The molecule has 0 saturated carbocycles. The minimum Gasteiger partial charge on any atom is -0.497 e. The molecule has 0 N–H and O–H groups in total. The number of methoxy groups -OCH3 is 1. The molecule has 0 saturated heterocycles. The SMILES string of the molecule is COc1ccc(C=CC(=O)OCc2nnc(-c3ccccc3)o2)cc1. The third kappa shape index (κ3) is 4.54. The Balaban J connectivity index is 1.53. The van der Waals surface area contributed by atoms with Gasteiger partial charge >= 0.3 is 5.97 Å². The van der Waals surface area contributed by atoms with Crippen molar-refractivity contribution in [1.29, 1.82) is 0 Å². The molecule has 0 unspecified atom stereocenters. The van der Waals surface area contributed by atoms with E-state index in [2.05, 4.69) is 10.2 Å². The monoisotopic (exact) mass is 336 g/mol. The molecule has 3 rings (SSSR count). The summed E-state index contributed by atoms with van der Waals surface area (Å²) < 4.78 is 15.6. The average molecular weight is 336 g/mol. The summed E-state index contributed by atoms with van der Waals surface area (Å²) in [5.74, 6) is 0.895. The second-order valence-electron chi connectivity index (χ2n) is 5.08. The number of nitrogens with zero attached hydrogens (tertiary/aromatic N) is 2. The molecule has 0 aliphatic carbocycles.